The van der Waals surface area contributed by atoms with E-state index in [-0.39, 0.29) is 24.2 Å². The quantitative estimate of drug-likeness (QED) is 0.900. The highest BCUT2D eigenvalue weighted by Crippen LogP contribution is 2.27. The lowest BCUT2D eigenvalue weighted by Crippen LogP contribution is -2.25. The predicted molar refractivity (Wildman–Crippen MR) is 72.9 cm³/mol. The number of nitrogens with one attached hydrogen (secondary N) is 1. The Hall–Kier alpha value is -0.650. The molecule has 0 saturated carbocycles. The molecule has 0 radical (unpaired) electrons. The number of anilines is 1. The Morgan fingerprint density at radius 2 is 2.24 bits per heavy atom. The van der Waals surface area contributed by atoms with E-state index in [9.17, 15) is 4.79 Å². The molecule has 0 spiro atoms. The topological polar surface area (TPSA) is 45.2 Å². The lowest BCUT2D eigenvalue weighted by Gasteiger charge is -2.20. The van der Waals surface area contributed by atoms with Crippen LogP contribution in [0.2, 0.25) is 0 Å². The van der Waals surface area contributed by atoms with Crippen molar-refractivity contribution < 1.29 is 4.79 Å². The highest BCUT2D eigenvalue weighted by atomic mass is 35.5. The van der Waals surface area contributed by atoms with Crippen molar-refractivity contribution in [3.05, 3.63) is 10.6 Å². The number of rotatable bonds is 2. The largest absolute Gasteiger partial charge is 0.302 e. The van der Waals surface area contributed by atoms with Gasteiger partial charge in [0.25, 0.3) is 0 Å². The summed E-state index contributed by atoms with van der Waals surface area (Å²) in [5.41, 5.74) is 1.15. The lowest BCUT2D eigenvalue weighted by atomic mass is 10.2. The molecule has 0 saturated heterocycles. The summed E-state index contributed by atoms with van der Waals surface area (Å²) in [4.78, 5) is 19.6. The minimum Gasteiger partial charge on any atom is -0.302 e. The smallest absolute Gasteiger partial charge is 0.228 e. The molecule has 4 nitrogen and oxygen atoms in total. The van der Waals surface area contributed by atoms with Crippen LogP contribution in [0.1, 0.15) is 24.4 Å². The molecule has 0 atom stereocenters. The minimum atomic E-state index is 0. The summed E-state index contributed by atoms with van der Waals surface area (Å²) in [5, 5.41) is 3.61. The SMILES string of the molecule is CC(C)C(=O)Nc1nc2c(s1)CN(C)CC2.Cl. The van der Waals surface area contributed by atoms with Crippen molar-refractivity contribution in [1.29, 1.82) is 0 Å². The monoisotopic (exact) mass is 275 g/mol. The van der Waals surface area contributed by atoms with Gasteiger partial charge in [0.15, 0.2) is 5.13 Å². The molecule has 0 aliphatic carbocycles. The summed E-state index contributed by atoms with van der Waals surface area (Å²) in [6.07, 6.45) is 0.986. The highest BCUT2D eigenvalue weighted by Gasteiger charge is 2.19. The van der Waals surface area contributed by atoms with Gasteiger partial charge in [0, 0.05) is 30.3 Å². The molecule has 0 aromatic carbocycles. The zero-order valence-corrected chi connectivity index (χ0v) is 12.0. The second-order valence-corrected chi connectivity index (χ2v) is 5.60. The standard InChI is InChI=1S/C11H17N3OS.ClH/c1-7(2)10(15)13-11-12-8-4-5-14(3)6-9(8)16-11;/h7H,4-6H2,1-3H3,(H,12,13,15);1H. The number of carbonyl (C=O) groups is 1. The summed E-state index contributed by atoms with van der Waals surface area (Å²) in [6, 6.07) is 0. The van der Waals surface area contributed by atoms with Gasteiger partial charge in [-0.15, -0.1) is 23.7 Å². The molecular weight excluding hydrogens is 258 g/mol. The molecule has 2 heterocycles. The van der Waals surface area contributed by atoms with Crippen LogP contribution in [0.4, 0.5) is 5.13 Å². The highest BCUT2D eigenvalue weighted by molar-refractivity contribution is 7.15. The molecular formula is C11H18ClN3OS. The Kier molecular flexibility index (Phi) is 4.91. The van der Waals surface area contributed by atoms with E-state index in [2.05, 4.69) is 22.2 Å². The number of fused-ring (bicyclic) bond motifs is 1. The van der Waals surface area contributed by atoms with Gasteiger partial charge in [-0.05, 0) is 7.05 Å². The van der Waals surface area contributed by atoms with Gasteiger partial charge < -0.3 is 10.2 Å². The Labute approximate surface area is 112 Å². The van der Waals surface area contributed by atoms with Crippen molar-refractivity contribution in [2.45, 2.75) is 26.8 Å². The van der Waals surface area contributed by atoms with Gasteiger partial charge in [-0.1, -0.05) is 13.8 Å². The van der Waals surface area contributed by atoms with Crippen molar-refractivity contribution in [2.75, 3.05) is 18.9 Å². The van der Waals surface area contributed by atoms with Crippen LogP contribution in [-0.2, 0) is 17.8 Å². The number of likely N-dealkylation sites (N-methyl/N-ethyl adjacent to an activating group) is 1. The second kappa shape index (κ2) is 5.80. The maximum absolute atomic E-state index is 11.5. The van der Waals surface area contributed by atoms with E-state index < -0.39 is 0 Å². The molecule has 1 amide bonds. The van der Waals surface area contributed by atoms with E-state index >= 15 is 0 Å². The first-order valence-electron chi connectivity index (χ1n) is 5.54. The van der Waals surface area contributed by atoms with Gasteiger partial charge in [-0.2, -0.15) is 0 Å². The Morgan fingerprint density at radius 3 is 2.88 bits per heavy atom. The van der Waals surface area contributed by atoms with Gasteiger partial charge in [0.2, 0.25) is 5.91 Å². The molecule has 96 valence electrons. The molecule has 1 N–H and O–H groups in total. The fourth-order valence-electron chi connectivity index (χ4n) is 1.63. The number of carbonyl (C=O) groups excluding carboxylic acids is 1. The molecule has 6 heteroatoms. The third-order valence-corrected chi connectivity index (χ3v) is 3.67. The van der Waals surface area contributed by atoms with Crippen molar-refractivity contribution in [3.8, 4) is 0 Å². The number of halogens is 1. The Morgan fingerprint density at radius 1 is 1.53 bits per heavy atom. The van der Waals surface area contributed by atoms with Crippen molar-refractivity contribution in [2.24, 2.45) is 5.92 Å². The van der Waals surface area contributed by atoms with Crippen molar-refractivity contribution >= 4 is 34.8 Å². The van der Waals surface area contributed by atoms with E-state index in [1.807, 2.05) is 13.8 Å². The van der Waals surface area contributed by atoms with Crippen molar-refractivity contribution in [1.82, 2.24) is 9.88 Å². The van der Waals surface area contributed by atoms with E-state index in [0.29, 0.717) is 0 Å². The number of hydrogen-bond donors (Lipinski definition) is 1. The molecule has 0 unspecified atom stereocenters. The van der Waals surface area contributed by atoms with E-state index in [0.717, 1.165) is 30.3 Å². The predicted octanol–water partition coefficient (Wildman–Crippen LogP) is 2.15. The number of thiazole rings is 1. The van der Waals surface area contributed by atoms with Crippen LogP contribution in [0.25, 0.3) is 0 Å². The van der Waals surface area contributed by atoms with Crippen LogP contribution >= 0.6 is 23.7 Å². The lowest BCUT2D eigenvalue weighted by molar-refractivity contribution is -0.118. The van der Waals surface area contributed by atoms with E-state index in [1.54, 1.807) is 11.3 Å². The zero-order chi connectivity index (χ0) is 11.7. The average Bonchev–Trinajstić information content (AvgIpc) is 2.58. The third kappa shape index (κ3) is 3.40. The molecule has 2 rings (SSSR count). The summed E-state index contributed by atoms with van der Waals surface area (Å²) in [5.74, 6) is 0.0445. The third-order valence-electron chi connectivity index (χ3n) is 2.68. The summed E-state index contributed by atoms with van der Waals surface area (Å²) in [6.45, 7) is 5.77. The summed E-state index contributed by atoms with van der Waals surface area (Å²) < 4.78 is 0. The van der Waals surface area contributed by atoms with Gasteiger partial charge in [0.05, 0.1) is 5.69 Å². The molecule has 1 aliphatic heterocycles. The Bertz CT molecular complexity index is 405. The molecule has 1 aromatic heterocycles. The molecule has 17 heavy (non-hydrogen) atoms. The molecule has 1 aromatic rings. The average molecular weight is 276 g/mol. The van der Waals surface area contributed by atoms with Gasteiger partial charge in [0.1, 0.15) is 0 Å². The summed E-state index contributed by atoms with van der Waals surface area (Å²) >= 11 is 1.60. The first kappa shape index (κ1) is 14.4. The Balaban J connectivity index is 0.00000144. The van der Waals surface area contributed by atoms with Crippen LogP contribution < -0.4 is 5.32 Å². The van der Waals surface area contributed by atoms with Crippen LogP contribution in [0.15, 0.2) is 0 Å². The fraction of sp³-hybridized carbons (Fsp3) is 0.636. The first-order chi connectivity index (χ1) is 7.56. The fourth-order valence-corrected chi connectivity index (χ4v) is 2.72. The maximum Gasteiger partial charge on any atom is 0.228 e. The van der Waals surface area contributed by atoms with Crippen molar-refractivity contribution in [3.63, 3.8) is 0 Å². The summed E-state index contributed by atoms with van der Waals surface area (Å²) in [7, 11) is 2.11. The van der Waals surface area contributed by atoms with Crippen LogP contribution in [0.5, 0.6) is 0 Å². The number of hydrogen-bond acceptors (Lipinski definition) is 4. The van der Waals surface area contributed by atoms with E-state index in [1.165, 1.54) is 4.88 Å². The number of amides is 1. The van der Waals surface area contributed by atoms with Crippen LogP contribution in [0.3, 0.4) is 0 Å². The minimum absolute atomic E-state index is 0. The molecule has 1 aliphatic rings. The maximum atomic E-state index is 11.5. The zero-order valence-electron chi connectivity index (χ0n) is 10.3. The van der Waals surface area contributed by atoms with Gasteiger partial charge in [-0.3, -0.25) is 4.79 Å². The molecule has 0 bridgehead atoms. The van der Waals surface area contributed by atoms with E-state index in [4.69, 9.17) is 0 Å². The molecule has 0 fully saturated rings. The van der Waals surface area contributed by atoms with Crippen LogP contribution in [0, 0.1) is 5.92 Å². The van der Waals surface area contributed by atoms with Gasteiger partial charge >= 0.3 is 0 Å². The first-order valence-corrected chi connectivity index (χ1v) is 6.36. The number of aromatic nitrogens is 1. The number of nitrogens with zero attached hydrogens (tertiary/aromatic N) is 2. The normalized spacial score (nSPS) is 15.3. The second-order valence-electron chi connectivity index (χ2n) is 4.52. The van der Waals surface area contributed by atoms with Gasteiger partial charge in [-0.25, -0.2) is 4.98 Å². The van der Waals surface area contributed by atoms with Crippen LogP contribution in [-0.4, -0.2) is 29.4 Å².